The first-order valence-electron chi connectivity index (χ1n) is 6.30. The molecule has 0 amide bonds. The van der Waals surface area contributed by atoms with Crippen LogP contribution in [0.2, 0.25) is 0 Å². The lowest BCUT2D eigenvalue weighted by Crippen LogP contribution is -2.13. The molecule has 0 bridgehead atoms. The number of hydrogen-bond acceptors (Lipinski definition) is 4. The predicted molar refractivity (Wildman–Crippen MR) is 66.2 cm³/mol. The summed E-state index contributed by atoms with van der Waals surface area (Å²) in [4.78, 5) is 20.5. The van der Waals surface area contributed by atoms with E-state index in [1.807, 2.05) is 12.1 Å². The maximum Gasteiger partial charge on any atom is 0.352 e. The van der Waals surface area contributed by atoms with Crippen LogP contribution in [-0.2, 0) is 16.1 Å². The van der Waals surface area contributed by atoms with Gasteiger partial charge in [0, 0.05) is 19.1 Å². The maximum absolute atomic E-state index is 10.8. The van der Waals surface area contributed by atoms with Gasteiger partial charge in [-0.2, -0.15) is 0 Å². The van der Waals surface area contributed by atoms with E-state index in [2.05, 4.69) is 11.0 Å². The molecule has 0 spiro atoms. The molecule has 0 fully saturated rings. The third kappa shape index (κ3) is 2.82. The lowest BCUT2D eigenvalue weighted by Gasteiger charge is -2.26. The van der Waals surface area contributed by atoms with Crippen molar-refractivity contribution >= 4 is 5.97 Å². The Morgan fingerprint density at radius 1 is 1.50 bits per heavy atom. The zero-order chi connectivity index (χ0) is 13.0. The van der Waals surface area contributed by atoms with Gasteiger partial charge in [0.15, 0.2) is 5.75 Å². The topological polar surface area (TPSA) is 55.8 Å². The summed E-state index contributed by atoms with van der Waals surface area (Å²) in [7, 11) is 0. The molecule has 1 aliphatic carbocycles. The summed E-state index contributed by atoms with van der Waals surface area (Å²) in [6.07, 6.45) is 3.85. The van der Waals surface area contributed by atoms with Crippen LogP contribution in [0.1, 0.15) is 43.2 Å². The Morgan fingerprint density at radius 2 is 2.33 bits per heavy atom. The van der Waals surface area contributed by atoms with E-state index in [9.17, 15) is 4.79 Å². The zero-order valence-corrected chi connectivity index (χ0v) is 10.5. The monoisotopic (exact) mass is 250 g/mol. The Hall–Kier alpha value is -1.55. The van der Waals surface area contributed by atoms with Gasteiger partial charge in [0.05, 0.1) is 0 Å². The van der Waals surface area contributed by atoms with Crippen LogP contribution in [0.3, 0.4) is 0 Å². The second kappa shape index (κ2) is 5.87. The van der Waals surface area contributed by atoms with E-state index in [1.54, 1.807) is 0 Å². The quantitative estimate of drug-likeness (QED) is 0.658. The number of aliphatic hydroxyl groups is 1. The minimum atomic E-state index is -0.463. The van der Waals surface area contributed by atoms with Crippen LogP contribution in [0.25, 0.3) is 0 Å². The van der Waals surface area contributed by atoms with Crippen molar-refractivity contribution in [2.45, 2.75) is 38.5 Å². The fourth-order valence-corrected chi connectivity index (χ4v) is 2.55. The number of carbonyl (C=O) groups is 1. The number of benzene rings is 1. The average Bonchev–Trinajstić information content (AvgIpc) is 2.37. The first-order chi connectivity index (χ1) is 8.72. The normalized spacial score (nSPS) is 18.0. The van der Waals surface area contributed by atoms with Crippen molar-refractivity contribution < 1.29 is 19.7 Å². The molecule has 98 valence electrons. The van der Waals surface area contributed by atoms with Gasteiger partial charge in [0.1, 0.15) is 0 Å². The first-order valence-corrected chi connectivity index (χ1v) is 6.30. The standard InChI is InChI=1S/C14H18O4/c1-10(16)17-18-14-7-3-5-12-11(8-9-15)4-2-6-13(12)14/h3,5,7,11,15H,2,4,6,8-9H2,1H3. The molecule has 0 aromatic heterocycles. The molecular formula is C14H18O4. The molecule has 2 rings (SSSR count). The number of carbonyl (C=O) groups excluding carboxylic acids is 1. The van der Waals surface area contributed by atoms with Gasteiger partial charge in [0.2, 0.25) is 0 Å². The molecule has 1 unspecified atom stereocenters. The van der Waals surface area contributed by atoms with Crippen molar-refractivity contribution in [1.29, 1.82) is 0 Å². The summed E-state index contributed by atoms with van der Waals surface area (Å²) in [5.74, 6) is 0.528. The van der Waals surface area contributed by atoms with Crippen molar-refractivity contribution in [2.24, 2.45) is 0 Å². The molecule has 0 aliphatic heterocycles. The molecule has 18 heavy (non-hydrogen) atoms. The summed E-state index contributed by atoms with van der Waals surface area (Å²) < 4.78 is 0. The molecule has 0 radical (unpaired) electrons. The third-order valence-electron chi connectivity index (χ3n) is 3.31. The van der Waals surface area contributed by atoms with Crippen molar-refractivity contribution in [2.75, 3.05) is 6.61 Å². The minimum absolute atomic E-state index is 0.194. The highest BCUT2D eigenvalue weighted by Gasteiger charge is 2.23. The van der Waals surface area contributed by atoms with Crippen molar-refractivity contribution in [3.05, 3.63) is 29.3 Å². The molecular weight excluding hydrogens is 232 g/mol. The van der Waals surface area contributed by atoms with Crippen LogP contribution in [0.15, 0.2) is 18.2 Å². The van der Waals surface area contributed by atoms with E-state index >= 15 is 0 Å². The van der Waals surface area contributed by atoms with Crippen LogP contribution in [0.5, 0.6) is 5.75 Å². The van der Waals surface area contributed by atoms with Gasteiger partial charge in [-0.3, -0.25) is 9.78 Å². The Balaban J connectivity index is 2.22. The van der Waals surface area contributed by atoms with E-state index in [0.717, 1.165) is 31.2 Å². The second-order valence-corrected chi connectivity index (χ2v) is 4.58. The van der Waals surface area contributed by atoms with E-state index in [-0.39, 0.29) is 6.61 Å². The highest BCUT2D eigenvalue weighted by Crippen LogP contribution is 2.38. The van der Waals surface area contributed by atoms with Gasteiger partial charge < -0.3 is 5.11 Å². The van der Waals surface area contributed by atoms with Crippen LogP contribution >= 0.6 is 0 Å². The van der Waals surface area contributed by atoms with Gasteiger partial charge in [-0.15, -0.1) is 0 Å². The summed E-state index contributed by atoms with van der Waals surface area (Å²) in [5, 5.41) is 9.09. The molecule has 0 saturated heterocycles. The Bertz CT molecular complexity index is 428. The summed E-state index contributed by atoms with van der Waals surface area (Å²) in [6, 6.07) is 5.77. The van der Waals surface area contributed by atoms with Gasteiger partial charge in [-0.05, 0) is 43.2 Å². The average molecular weight is 250 g/mol. The Morgan fingerprint density at radius 3 is 3.06 bits per heavy atom. The molecule has 1 aromatic carbocycles. The molecule has 4 heteroatoms. The molecule has 0 saturated carbocycles. The maximum atomic E-state index is 10.8. The second-order valence-electron chi connectivity index (χ2n) is 4.58. The van der Waals surface area contributed by atoms with Crippen LogP contribution in [-0.4, -0.2) is 17.7 Å². The van der Waals surface area contributed by atoms with Gasteiger partial charge in [-0.1, -0.05) is 12.1 Å². The molecule has 1 aliphatic rings. The van der Waals surface area contributed by atoms with E-state index in [0.29, 0.717) is 11.7 Å². The Labute approximate surface area is 106 Å². The van der Waals surface area contributed by atoms with Crippen molar-refractivity contribution in [3.63, 3.8) is 0 Å². The first kappa shape index (κ1) is 12.9. The highest BCUT2D eigenvalue weighted by atomic mass is 17.2. The van der Waals surface area contributed by atoms with Crippen LogP contribution < -0.4 is 4.89 Å². The number of aliphatic hydroxyl groups excluding tert-OH is 1. The van der Waals surface area contributed by atoms with Gasteiger partial charge in [-0.25, -0.2) is 4.79 Å². The predicted octanol–water partition coefficient (Wildman–Crippen LogP) is 2.35. The molecule has 1 N–H and O–H groups in total. The van der Waals surface area contributed by atoms with Gasteiger partial charge in [0.25, 0.3) is 0 Å². The number of fused-ring (bicyclic) bond motifs is 1. The third-order valence-corrected chi connectivity index (χ3v) is 3.31. The summed E-state index contributed by atoms with van der Waals surface area (Å²) in [5.41, 5.74) is 2.31. The lowest BCUT2D eigenvalue weighted by atomic mass is 9.81. The lowest BCUT2D eigenvalue weighted by molar-refractivity contribution is -0.211. The smallest absolute Gasteiger partial charge is 0.352 e. The van der Waals surface area contributed by atoms with E-state index < -0.39 is 5.97 Å². The fourth-order valence-electron chi connectivity index (χ4n) is 2.55. The van der Waals surface area contributed by atoms with E-state index in [1.165, 1.54) is 12.5 Å². The zero-order valence-electron chi connectivity index (χ0n) is 10.5. The van der Waals surface area contributed by atoms with E-state index in [4.69, 9.17) is 9.99 Å². The molecule has 4 nitrogen and oxygen atoms in total. The van der Waals surface area contributed by atoms with Crippen molar-refractivity contribution in [3.8, 4) is 5.75 Å². The SMILES string of the molecule is CC(=O)OOc1cccc2c1CCCC2CCO. The largest absolute Gasteiger partial charge is 0.396 e. The molecule has 0 heterocycles. The highest BCUT2D eigenvalue weighted by molar-refractivity contribution is 5.65. The number of hydrogen-bond donors (Lipinski definition) is 1. The number of rotatable bonds is 4. The van der Waals surface area contributed by atoms with Crippen LogP contribution in [0.4, 0.5) is 0 Å². The molecule has 1 aromatic rings. The fraction of sp³-hybridized carbons (Fsp3) is 0.500. The van der Waals surface area contributed by atoms with Gasteiger partial charge >= 0.3 is 5.97 Å². The van der Waals surface area contributed by atoms with Crippen molar-refractivity contribution in [1.82, 2.24) is 0 Å². The minimum Gasteiger partial charge on any atom is -0.396 e. The van der Waals surface area contributed by atoms with Crippen LogP contribution in [0, 0.1) is 0 Å². The Kier molecular flexibility index (Phi) is 4.20. The molecule has 1 atom stereocenters. The summed E-state index contributed by atoms with van der Waals surface area (Å²) >= 11 is 0. The summed E-state index contributed by atoms with van der Waals surface area (Å²) in [6.45, 7) is 1.50.